The quantitative estimate of drug-likeness (QED) is 0.367. The first-order chi connectivity index (χ1) is 18.4. The molecule has 3 nitrogen and oxygen atoms in total. The van der Waals surface area contributed by atoms with Crippen LogP contribution in [-0.4, -0.2) is 48.8 Å². The van der Waals surface area contributed by atoms with Crippen molar-refractivity contribution in [3.05, 3.63) is 72.8 Å². The van der Waals surface area contributed by atoms with E-state index in [1.165, 1.54) is 0 Å². The van der Waals surface area contributed by atoms with E-state index in [0.29, 0.717) is 5.69 Å². The van der Waals surface area contributed by atoms with Gasteiger partial charge in [-0.05, 0) is 30.3 Å². The maximum Gasteiger partial charge on any atom is 0.137 e. The fraction of sp³-hybridized carbons (Fsp3) is 0. The molecule has 0 saturated carbocycles. The van der Waals surface area contributed by atoms with Crippen LogP contribution in [0, 0.1) is 0 Å². The molecule has 0 spiro atoms. The molecule has 3 heterocycles. The fourth-order valence-corrected chi connectivity index (χ4v) is 5.99. The molecule has 0 aliphatic heterocycles. The first-order valence-corrected chi connectivity index (χ1v) is 12.2. The molecule has 0 atom stereocenters. The summed E-state index contributed by atoms with van der Waals surface area (Å²) in [5.74, 6) is 0. The van der Waals surface area contributed by atoms with Gasteiger partial charge < -0.3 is 14.0 Å². The molecule has 38 heavy (non-hydrogen) atoms. The van der Waals surface area contributed by atoms with Crippen molar-refractivity contribution < 1.29 is 4.42 Å². The van der Waals surface area contributed by atoms with E-state index < -0.39 is 0 Å². The fourth-order valence-electron chi connectivity index (χ4n) is 5.99. The molecule has 0 fully saturated rings. The van der Waals surface area contributed by atoms with Crippen molar-refractivity contribution in [1.82, 2.24) is 9.55 Å². The van der Waals surface area contributed by atoms with Crippen LogP contribution in [0.15, 0.2) is 77.2 Å². The van der Waals surface area contributed by atoms with Crippen LogP contribution in [-0.2, 0) is 0 Å². The number of nitrogens with one attached hydrogen (secondary N) is 1. The van der Waals surface area contributed by atoms with E-state index in [9.17, 15) is 0 Å². The van der Waals surface area contributed by atoms with Gasteiger partial charge in [-0.15, -0.1) is 16.4 Å². The second kappa shape index (κ2) is 7.44. The van der Waals surface area contributed by atoms with Gasteiger partial charge in [0.25, 0.3) is 0 Å². The average molecular weight is 472 g/mol. The predicted molar refractivity (Wildman–Crippen MR) is 164 cm³/mol. The molecular weight excluding hydrogens is 458 g/mol. The smallest absolute Gasteiger partial charge is 0.137 e. The van der Waals surface area contributed by atoms with Crippen molar-refractivity contribution in [3.8, 4) is 5.69 Å². The maximum atomic E-state index is 6.52. The highest BCUT2D eigenvalue weighted by atomic mass is 16.3. The molecule has 5 aromatic carbocycles. The minimum atomic E-state index is 0.187. The summed E-state index contributed by atoms with van der Waals surface area (Å²) in [6.07, 6.45) is 0. The molecular formula is C30H13B5N2O. The third-order valence-electron chi connectivity index (χ3n) is 7.79. The van der Waals surface area contributed by atoms with Gasteiger partial charge in [0.05, 0.1) is 11.0 Å². The number of benzene rings is 5. The summed E-state index contributed by atoms with van der Waals surface area (Å²) in [7, 11) is 31.6. The lowest BCUT2D eigenvalue weighted by atomic mass is 9.61. The summed E-state index contributed by atoms with van der Waals surface area (Å²) in [5, 5.41) is 6.48. The summed E-state index contributed by atoms with van der Waals surface area (Å²) in [6.45, 7) is 0. The summed E-state index contributed by atoms with van der Waals surface area (Å²) in [6, 6.07) is 24.7. The highest BCUT2D eigenvalue weighted by Gasteiger charge is 2.21. The van der Waals surface area contributed by atoms with E-state index in [-0.39, 0.29) is 27.3 Å². The van der Waals surface area contributed by atoms with Crippen LogP contribution in [0.4, 0.5) is 0 Å². The highest BCUT2D eigenvalue weighted by molar-refractivity contribution is 6.68. The van der Waals surface area contributed by atoms with E-state index in [0.717, 1.165) is 65.6 Å². The SMILES string of the molecule is [B]c1c([B])c([B])c(-n2c3ccccc3c3cc4c(cc32)oc2ccc3[nH]c5ccccc5c3c24)c([B])c1[B]. The first-order valence-electron chi connectivity index (χ1n) is 12.2. The Kier molecular flexibility index (Phi) is 4.28. The largest absolute Gasteiger partial charge is 0.456 e. The Morgan fingerprint density at radius 2 is 1.21 bits per heavy atom. The molecule has 0 unspecified atom stereocenters. The van der Waals surface area contributed by atoms with Gasteiger partial charge in [0.2, 0.25) is 0 Å². The Labute approximate surface area is 224 Å². The van der Waals surface area contributed by atoms with E-state index in [1.807, 2.05) is 41.0 Å². The predicted octanol–water partition coefficient (Wildman–Crippen LogP) is 2.29. The average Bonchev–Trinajstić information content (AvgIpc) is 3.59. The number of nitrogens with zero attached hydrogens (tertiary/aromatic N) is 1. The van der Waals surface area contributed by atoms with Crippen molar-refractivity contribution in [3.63, 3.8) is 0 Å². The van der Waals surface area contributed by atoms with Crippen molar-refractivity contribution in [2.45, 2.75) is 0 Å². The Morgan fingerprint density at radius 1 is 0.526 bits per heavy atom. The minimum Gasteiger partial charge on any atom is -0.456 e. The Balaban J connectivity index is 1.58. The molecule has 8 aromatic rings. The number of rotatable bonds is 1. The zero-order valence-corrected chi connectivity index (χ0v) is 20.2. The maximum absolute atomic E-state index is 6.52. The van der Waals surface area contributed by atoms with Gasteiger partial charge in [0, 0.05) is 55.1 Å². The van der Waals surface area contributed by atoms with Gasteiger partial charge in [-0.3, -0.25) is 0 Å². The van der Waals surface area contributed by atoms with Crippen LogP contribution in [0.25, 0.3) is 71.2 Å². The number of fused-ring (bicyclic) bond motifs is 10. The topological polar surface area (TPSA) is 33.9 Å². The third-order valence-corrected chi connectivity index (χ3v) is 7.79. The Morgan fingerprint density at radius 3 is 2.00 bits per heavy atom. The van der Waals surface area contributed by atoms with E-state index in [4.69, 9.17) is 43.6 Å². The molecule has 3 aromatic heterocycles. The molecule has 164 valence electrons. The monoisotopic (exact) mass is 472 g/mol. The number of hydrogen-bond donors (Lipinski definition) is 1. The van der Waals surface area contributed by atoms with Crippen molar-refractivity contribution >= 4 is 132 Å². The van der Waals surface area contributed by atoms with Gasteiger partial charge >= 0.3 is 0 Å². The van der Waals surface area contributed by atoms with Crippen LogP contribution in [0.3, 0.4) is 0 Å². The number of aromatic nitrogens is 2. The lowest BCUT2D eigenvalue weighted by Gasteiger charge is -2.23. The Bertz CT molecular complexity index is 2280. The van der Waals surface area contributed by atoms with Crippen LogP contribution < -0.4 is 27.3 Å². The van der Waals surface area contributed by atoms with Gasteiger partial charge in [-0.25, -0.2) is 0 Å². The standard InChI is InChI=1S/C30H13B5N2O/c31-25-26(32)28(34)30(29(35)27(25)33)37-19-8-4-2-5-13(19)15-11-16-22(12-20(15)37)38-21-10-9-18-23(24(16)21)14-6-1-3-7-17(14)36-18/h1-12,36H. The van der Waals surface area contributed by atoms with E-state index >= 15 is 0 Å². The highest BCUT2D eigenvalue weighted by Crippen LogP contribution is 2.41. The molecule has 0 aliphatic rings. The van der Waals surface area contributed by atoms with Crippen LogP contribution in [0.5, 0.6) is 0 Å². The third kappa shape index (κ3) is 2.65. The molecule has 0 bridgehead atoms. The molecule has 0 amide bonds. The molecule has 8 rings (SSSR count). The summed E-state index contributed by atoms with van der Waals surface area (Å²) < 4.78 is 8.44. The van der Waals surface area contributed by atoms with Gasteiger partial charge in [-0.1, -0.05) is 47.3 Å². The molecule has 0 aliphatic carbocycles. The molecule has 8 heteroatoms. The normalized spacial score (nSPS) is 12.2. The first kappa shape index (κ1) is 21.9. The summed E-state index contributed by atoms with van der Waals surface area (Å²) >= 11 is 0. The number of furan rings is 1. The molecule has 10 radical (unpaired) electrons. The van der Waals surface area contributed by atoms with Crippen molar-refractivity contribution in [2.24, 2.45) is 0 Å². The van der Waals surface area contributed by atoms with Crippen LogP contribution >= 0.6 is 0 Å². The van der Waals surface area contributed by atoms with Crippen LogP contribution in [0.1, 0.15) is 0 Å². The van der Waals surface area contributed by atoms with Gasteiger partial charge in [0.1, 0.15) is 50.4 Å². The molecule has 1 N–H and O–H groups in total. The summed E-state index contributed by atoms with van der Waals surface area (Å²) in [4.78, 5) is 3.54. The van der Waals surface area contributed by atoms with Gasteiger partial charge in [-0.2, -0.15) is 0 Å². The molecule has 0 saturated heterocycles. The van der Waals surface area contributed by atoms with Crippen molar-refractivity contribution in [2.75, 3.05) is 0 Å². The van der Waals surface area contributed by atoms with Crippen LogP contribution in [0.2, 0.25) is 0 Å². The second-order valence-corrected chi connectivity index (χ2v) is 9.77. The second-order valence-electron chi connectivity index (χ2n) is 9.77. The van der Waals surface area contributed by atoms with E-state index in [2.05, 4.69) is 41.4 Å². The zero-order valence-electron chi connectivity index (χ0n) is 20.2. The minimum absolute atomic E-state index is 0.187. The lowest BCUT2D eigenvalue weighted by molar-refractivity contribution is 0.669. The number of H-pyrrole nitrogens is 1. The summed E-state index contributed by atoms with van der Waals surface area (Å²) in [5.41, 5.74) is 7.19. The van der Waals surface area contributed by atoms with Gasteiger partial charge in [0.15, 0.2) is 0 Å². The van der Waals surface area contributed by atoms with Crippen molar-refractivity contribution in [1.29, 1.82) is 0 Å². The number of hydrogen-bond acceptors (Lipinski definition) is 1. The Hall–Kier alpha value is -4.18. The zero-order chi connectivity index (χ0) is 25.9. The number of aromatic amines is 1. The number of para-hydroxylation sites is 2. The van der Waals surface area contributed by atoms with E-state index in [1.54, 1.807) is 0 Å². The lowest BCUT2D eigenvalue weighted by Crippen LogP contribution is -2.56.